The van der Waals surface area contributed by atoms with Crippen molar-refractivity contribution in [2.24, 2.45) is 0 Å². The van der Waals surface area contributed by atoms with Crippen molar-refractivity contribution < 1.29 is 13.2 Å². The highest BCUT2D eigenvalue weighted by atomic mass is 32.2. The molecule has 1 aromatic rings. The first kappa shape index (κ1) is 15.6. The second kappa shape index (κ2) is 7.85. The summed E-state index contributed by atoms with van der Waals surface area (Å²) in [5, 5.41) is 4.76. The van der Waals surface area contributed by atoms with Crippen LogP contribution in [0.2, 0.25) is 0 Å². The van der Waals surface area contributed by atoms with Gasteiger partial charge in [-0.25, -0.2) is 13.1 Å². The highest BCUT2D eigenvalue weighted by Gasteiger charge is 2.18. The summed E-state index contributed by atoms with van der Waals surface area (Å²) >= 11 is 1.44. The van der Waals surface area contributed by atoms with Gasteiger partial charge in [0, 0.05) is 31.2 Å². The smallest absolute Gasteiger partial charge is 0.241 e. The van der Waals surface area contributed by atoms with E-state index in [4.69, 9.17) is 4.74 Å². The van der Waals surface area contributed by atoms with Gasteiger partial charge in [-0.3, -0.25) is 0 Å². The molecular weight excluding hydrogens is 272 g/mol. The number of nitrogens with one attached hydrogen (secondary N) is 2. The Labute approximate surface area is 113 Å². The van der Waals surface area contributed by atoms with Crippen LogP contribution in [0, 0.1) is 0 Å². The maximum absolute atomic E-state index is 12.0. The summed E-state index contributed by atoms with van der Waals surface area (Å²) in [6, 6.07) is 1.64. The largest absolute Gasteiger partial charge is 0.382 e. The van der Waals surface area contributed by atoms with E-state index in [1.54, 1.807) is 18.5 Å². The van der Waals surface area contributed by atoms with Gasteiger partial charge in [0.05, 0.1) is 4.90 Å². The first-order valence-electron chi connectivity index (χ1n) is 5.90. The van der Waals surface area contributed by atoms with Gasteiger partial charge in [0.1, 0.15) is 0 Å². The zero-order valence-electron chi connectivity index (χ0n) is 10.7. The Morgan fingerprint density at radius 3 is 2.89 bits per heavy atom. The van der Waals surface area contributed by atoms with Crippen molar-refractivity contribution in [3.05, 3.63) is 16.3 Å². The molecule has 104 valence electrons. The maximum Gasteiger partial charge on any atom is 0.241 e. The van der Waals surface area contributed by atoms with Crippen LogP contribution in [-0.4, -0.2) is 35.2 Å². The third-order valence-corrected chi connectivity index (χ3v) is 4.89. The lowest BCUT2D eigenvalue weighted by molar-refractivity contribution is 0.146. The van der Waals surface area contributed by atoms with Crippen molar-refractivity contribution in [3.63, 3.8) is 0 Å². The van der Waals surface area contributed by atoms with Crippen molar-refractivity contribution >= 4 is 21.4 Å². The van der Waals surface area contributed by atoms with Crippen LogP contribution in [0.4, 0.5) is 0 Å². The van der Waals surface area contributed by atoms with Crippen molar-refractivity contribution in [2.75, 3.05) is 26.8 Å². The molecule has 1 rings (SSSR count). The minimum Gasteiger partial charge on any atom is -0.382 e. The predicted octanol–water partition coefficient (Wildman–Crippen LogP) is 1.17. The summed E-state index contributed by atoms with van der Waals surface area (Å²) in [5.74, 6) is 0. The minimum atomic E-state index is -3.39. The van der Waals surface area contributed by atoms with Crippen LogP contribution in [0.1, 0.15) is 18.2 Å². The number of hydrogen-bond donors (Lipinski definition) is 2. The summed E-state index contributed by atoms with van der Waals surface area (Å²) in [6.07, 6.45) is 0.679. The van der Waals surface area contributed by atoms with Crippen molar-refractivity contribution in [1.29, 1.82) is 0 Å². The first-order chi connectivity index (χ1) is 8.61. The Hall–Kier alpha value is -0.470. The third kappa shape index (κ3) is 4.66. The van der Waals surface area contributed by atoms with Crippen molar-refractivity contribution in [1.82, 2.24) is 10.0 Å². The fraction of sp³-hybridized carbons (Fsp3) is 0.636. The van der Waals surface area contributed by atoms with Crippen LogP contribution in [0.5, 0.6) is 0 Å². The maximum atomic E-state index is 12.0. The Morgan fingerprint density at radius 2 is 2.22 bits per heavy atom. The van der Waals surface area contributed by atoms with Gasteiger partial charge in [-0.2, -0.15) is 0 Å². The van der Waals surface area contributed by atoms with E-state index in [0.29, 0.717) is 37.6 Å². The Balaban J connectivity index is 2.54. The van der Waals surface area contributed by atoms with Crippen LogP contribution in [-0.2, 0) is 21.3 Å². The average molecular weight is 292 g/mol. The number of ether oxygens (including phenoxy) is 1. The molecule has 0 aromatic carbocycles. The molecule has 5 nitrogen and oxygen atoms in total. The van der Waals surface area contributed by atoms with E-state index in [1.165, 1.54) is 11.3 Å². The fourth-order valence-electron chi connectivity index (χ4n) is 1.46. The number of hydrogen-bond acceptors (Lipinski definition) is 5. The third-order valence-electron chi connectivity index (χ3n) is 2.29. The zero-order valence-corrected chi connectivity index (χ0v) is 12.4. The van der Waals surface area contributed by atoms with Gasteiger partial charge < -0.3 is 10.1 Å². The van der Waals surface area contributed by atoms with Crippen LogP contribution < -0.4 is 10.0 Å². The Bertz CT molecular complexity index is 443. The van der Waals surface area contributed by atoms with Gasteiger partial charge >= 0.3 is 0 Å². The molecule has 18 heavy (non-hydrogen) atoms. The van der Waals surface area contributed by atoms with Gasteiger partial charge in [-0.05, 0) is 31.8 Å². The summed E-state index contributed by atoms with van der Waals surface area (Å²) in [7, 11) is -1.59. The molecule has 0 radical (unpaired) electrons. The van der Waals surface area contributed by atoms with Crippen LogP contribution in [0.15, 0.2) is 16.3 Å². The molecule has 0 aliphatic carbocycles. The average Bonchev–Trinajstić information content (AvgIpc) is 2.78. The quantitative estimate of drug-likeness (QED) is 0.671. The summed E-state index contributed by atoms with van der Waals surface area (Å²) in [6.45, 7) is 4.11. The Morgan fingerprint density at radius 1 is 1.44 bits per heavy atom. The lowest BCUT2D eigenvalue weighted by atomic mass is 10.5. The highest BCUT2D eigenvalue weighted by Crippen LogP contribution is 2.21. The van der Waals surface area contributed by atoms with E-state index in [1.807, 2.05) is 6.92 Å². The first-order valence-corrected chi connectivity index (χ1v) is 8.26. The van der Waals surface area contributed by atoms with Gasteiger partial charge in [-0.1, -0.05) is 0 Å². The monoisotopic (exact) mass is 292 g/mol. The van der Waals surface area contributed by atoms with Crippen molar-refractivity contribution in [2.45, 2.75) is 24.8 Å². The lowest BCUT2D eigenvalue weighted by Crippen LogP contribution is -2.26. The zero-order chi connectivity index (χ0) is 13.4. The summed E-state index contributed by atoms with van der Waals surface area (Å²) < 4.78 is 31.8. The topological polar surface area (TPSA) is 67.4 Å². The lowest BCUT2D eigenvalue weighted by Gasteiger charge is -2.07. The molecule has 0 spiro atoms. The number of rotatable bonds is 9. The van der Waals surface area contributed by atoms with Crippen LogP contribution in [0.3, 0.4) is 0 Å². The van der Waals surface area contributed by atoms with Crippen molar-refractivity contribution in [3.8, 4) is 0 Å². The molecule has 0 aliphatic rings. The molecule has 0 aliphatic heterocycles. The molecule has 1 aromatic heterocycles. The van der Waals surface area contributed by atoms with Gasteiger partial charge in [0.25, 0.3) is 0 Å². The standard InChI is InChI=1S/C11H20N2O3S2/c1-3-16-7-4-6-13-18(14,15)11-5-8-17-10(11)9-12-2/h5,8,12-13H,3-4,6-7,9H2,1-2H3. The van der Waals surface area contributed by atoms with E-state index in [2.05, 4.69) is 10.0 Å². The highest BCUT2D eigenvalue weighted by molar-refractivity contribution is 7.89. The SMILES string of the molecule is CCOCCCNS(=O)(=O)c1ccsc1CNC. The second-order valence-corrected chi connectivity index (χ2v) is 6.42. The van der Waals surface area contributed by atoms with E-state index in [0.717, 1.165) is 4.88 Å². The molecule has 7 heteroatoms. The molecule has 0 bridgehead atoms. The van der Waals surface area contributed by atoms with E-state index >= 15 is 0 Å². The molecule has 0 unspecified atom stereocenters. The second-order valence-electron chi connectivity index (χ2n) is 3.69. The molecule has 0 saturated heterocycles. The molecule has 2 N–H and O–H groups in total. The predicted molar refractivity (Wildman–Crippen MR) is 73.4 cm³/mol. The molecule has 0 atom stereocenters. The fourth-order valence-corrected chi connectivity index (χ4v) is 3.99. The minimum absolute atomic E-state index is 0.373. The van der Waals surface area contributed by atoms with Crippen LogP contribution >= 0.6 is 11.3 Å². The summed E-state index contributed by atoms with van der Waals surface area (Å²) in [5.41, 5.74) is 0. The Kier molecular flexibility index (Phi) is 6.80. The van der Waals surface area contributed by atoms with Gasteiger partial charge in [0.15, 0.2) is 0 Å². The molecule has 0 fully saturated rings. The van der Waals surface area contributed by atoms with Gasteiger partial charge in [0.2, 0.25) is 10.0 Å². The summed E-state index contributed by atoms with van der Waals surface area (Å²) in [4.78, 5) is 1.20. The molecule has 0 amide bonds. The normalized spacial score (nSPS) is 11.9. The molecule has 0 saturated carbocycles. The molecular formula is C11H20N2O3S2. The van der Waals surface area contributed by atoms with E-state index in [-0.39, 0.29) is 0 Å². The van der Waals surface area contributed by atoms with Gasteiger partial charge in [-0.15, -0.1) is 11.3 Å². The van der Waals surface area contributed by atoms with E-state index in [9.17, 15) is 8.42 Å². The van der Waals surface area contributed by atoms with Crippen LogP contribution in [0.25, 0.3) is 0 Å². The number of thiophene rings is 1. The molecule has 1 heterocycles. The van der Waals surface area contributed by atoms with E-state index < -0.39 is 10.0 Å². The number of sulfonamides is 1.